The first-order chi connectivity index (χ1) is 7.06. The third-order valence-corrected chi connectivity index (χ3v) is 2.08. The molecule has 0 unspecified atom stereocenters. The third-order valence-electron chi connectivity index (χ3n) is 2.08. The van der Waals surface area contributed by atoms with Crippen LogP contribution < -0.4 is 5.73 Å². The van der Waals surface area contributed by atoms with E-state index in [4.69, 9.17) is 15.9 Å². The average molecular weight is 215 g/mol. The zero-order valence-corrected chi connectivity index (χ0v) is 10.3. The molecule has 0 radical (unpaired) electrons. The lowest BCUT2D eigenvalue weighted by Gasteiger charge is -2.23. The smallest absolute Gasteiger partial charge is 0.0918 e. The van der Waals surface area contributed by atoms with Crippen molar-refractivity contribution < 1.29 is 4.74 Å². The van der Waals surface area contributed by atoms with E-state index in [2.05, 4.69) is 18.7 Å². The molecule has 3 N–H and O–H groups in total. The first-order valence-electron chi connectivity index (χ1n) is 5.69. The van der Waals surface area contributed by atoms with Gasteiger partial charge in [0.05, 0.1) is 12.4 Å². The summed E-state index contributed by atoms with van der Waals surface area (Å²) >= 11 is 0. The summed E-state index contributed by atoms with van der Waals surface area (Å²) in [5.74, 6) is 0.902. The largest absolute Gasteiger partial charge is 0.388 e. The zero-order chi connectivity index (χ0) is 11.7. The second kappa shape index (κ2) is 8.68. The summed E-state index contributed by atoms with van der Waals surface area (Å²) in [5.41, 5.74) is 5.35. The molecule has 0 heterocycles. The molecular formula is C11H25N3O. The molecule has 0 aliphatic rings. The van der Waals surface area contributed by atoms with Gasteiger partial charge >= 0.3 is 0 Å². The Labute approximate surface area is 93.3 Å². The van der Waals surface area contributed by atoms with Crippen LogP contribution in [-0.2, 0) is 4.74 Å². The highest BCUT2D eigenvalue weighted by atomic mass is 16.5. The molecule has 0 saturated heterocycles. The number of nitrogens with one attached hydrogen (secondary N) is 1. The molecule has 4 nitrogen and oxygen atoms in total. The van der Waals surface area contributed by atoms with Crippen LogP contribution >= 0.6 is 0 Å². The van der Waals surface area contributed by atoms with Crippen LogP contribution in [0.3, 0.4) is 0 Å². The van der Waals surface area contributed by atoms with Gasteiger partial charge in [0.25, 0.3) is 0 Å². The number of ether oxygens (including phenoxy) is 1. The standard InChI is InChI=1S/C11H25N3O/c1-4-15-8-7-14(9-10(2)3)6-5-11(12)13/h10H,4-9H2,1-3H3,(H3,12,13). The molecule has 90 valence electrons. The molecule has 15 heavy (non-hydrogen) atoms. The molecular weight excluding hydrogens is 190 g/mol. The normalized spacial score (nSPS) is 11.3. The van der Waals surface area contributed by atoms with Crippen molar-refractivity contribution in [3.05, 3.63) is 0 Å². The lowest BCUT2D eigenvalue weighted by Crippen LogP contribution is -2.34. The van der Waals surface area contributed by atoms with E-state index in [0.717, 1.165) is 32.8 Å². The first-order valence-corrected chi connectivity index (χ1v) is 5.69. The van der Waals surface area contributed by atoms with Crippen molar-refractivity contribution in [1.29, 1.82) is 5.41 Å². The van der Waals surface area contributed by atoms with E-state index in [9.17, 15) is 0 Å². The van der Waals surface area contributed by atoms with E-state index in [-0.39, 0.29) is 5.84 Å². The summed E-state index contributed by atoms with van der Waals surface area (Å²) < 4.78 is 5.33. The van der Waals surface area contributed by atoms with Crippen LogP contribution in [-0.4, -0.2) is 43.6 Å². The molecule has 0 aromatic heterocycles. The quantitative estimate of drug-likeness (QED) is 0.346. The molecule has 0 rings (SSSR count). The Morgan fingerprint density at radius 1 is 1.40 bits per heavy atom. The molecule has 0 aliphatic heterocycles. The van der Waals surface area contributed by atoms with Crippen LogP contribution in [0.25, 0.3) is 0 Å². The number of nitrogens with two attached hydrogens (primary N) is 1. The Hall–Kier alpha value is -0.610. The molecule has 0 aromatic rings. The second-order valence-corrected chi connectivity index (χ2v) is 4.17. The van der Waals surface area contributed by atoms with Crippen LogP contribution in [0.1, 0.15) is 27.2 Å². The van der Waals surface area contributed by atoms with Gasteiger partial charge < -0.3 is 15.4 Å². The van der Waals surface area contributed by atoms with Gasteiger partial charge in [0, 0.05) is 32.7 Å². The molecule has 0 bridgehead atoms. The van der Waals surface area contributed by atoms with Gasteiger partial charge in [-0.1, -0.05) is 13.8 Å². The highest BCUT2D eigenvalue weighted by Crippen LogP contribution is 1.99. The fraction of sp³-hybridized carbons (Fsp3) is 0.909. The van der Waals surface area contributed by atoms with Crippen LogP contribution in [0, 0.1) is 11.3 Å². The second-order valence-electron chi connectivity index (χ2n) is 4.17. The number of amidine groups is 1. The Morgan fingerprint density at radius 3 is 2.53 bits per heavy atom. The van der Waals surface area contributed by atoms with Crippen LogP contribution in [0.15, 0.2) is 0 Å². The number of rotatable bonds is 9. The minimum atomic E-state index is 0.264. The highest BCUT2D eigenvalue weighted by molar-refractivity contribution is 5.76. The topological polar surface area (TPSA) is 62.3 Å². The maximum absolute atomic E-state index is 7.20. The summed E-state index contributed by atoms with van der Waals surface area (Å²) in [7, 11) is 0. The minimum Gasteiger partial charge on any atom is -0.388 e. The van der Waals surface area contributed by atoms with Crippen molar-refractivity contribution in [3.8, 4) is 0 Å². The molecule has 4 heteroatoms. The van der Waals surface area contributed by atoms with E-state index in [1.165, 1.54) is 0 Å². The van der Waals surface area contributed by atoms with E-state index in [0.29, 0.717) is 12.3 Å². The van der Waals surface area contributed by atoms with Gasteiger partial charge in [0.1, 0.15) is 0 Å². The molecule has 0 atom stereocenters. The van der Waals surface area contributed by atoms with E-state index in [1.807, 2.05) is 6.92 Å². The maximum atomic E-state index is 7.20. The lowest BCUT2D eigenvalue weighted by atomic mass is 10.2. The summed E-state index contributed by atoms with van der Waals surface area (Å²) in [6.07, 6.45) is 0.652. The molecule has 0 spiro atoms. The van der Waals surface area contributed by atoms with Crippen molar-refractivity contribution >= 4 is 5.84 Å². The van der Waals surface area contributed by atoms with Crippen molar-refractivity contribution in [2.75, 3.05) is 32.8 Å². The van der Waals surface area contributed by atoms with E-state index in [1.54, 1.807) is 0 Å². The highest BCUT2D eigenvalue weighted by Gasteiger charge is 2.07. The van der Waals surface area contributed by atoms with Gasteiger partial charge in [-0.3, -0.25) is 5.41 Å². The predicted molar refractivity (Wildman–Crippen MR) is 64.3 cm³/mol. The SMILES string of the molecule is CCOCCN(CCC(=N)N)CC(C)C. The van der Waals surface area contributed by atoms with Gasteiger partial charge in [-0.25, -0.2) is 0 Å². The van der Waals surface area contributed by atoms with E-state index < -0.39 is 0 Å². The van der Waals surface area contributed by atoms with Crippen LogP contribution in [0.4, 0.5) is 0 Å². The van der Waals surface area contributed by atoms with Crippen LogP contribution in [0.2, 0.25) is 0 Å². The van der Waals surface area contributed by atoms with Gasteiger partial charge in [-0.15, -0.1) is 0 Å². The summed E-state index contributed by atoms with van der Waals surface area (Å²) in [6, 6.07) is 0. The molecule has 0 saturated carbocycles. The summed E-state index contributed by atoms with van der Waals surface area (Å²) in [6.45, 7) is 10.8. The fourth-order valence-corrected chi connectivity index (χ4v) is 1.43. The monoisotopic (exact) mass is 215 g/mol. The van der Waals surface area contributed by atoms with Gasteiger partial charge in [-0.2, -0.15) is 0 Å². The molecule has 0 fully saturated rings. The molecule has 0 aliphatic carbocycles. The van der Waals surface area contributed by atoms with Gasteiger partial charge in [0.15, 0.2) is 0 Å². The molecule has 0 aromatic carbocycles. The summed E-state index contributed by atoms with van der Waals surface area (Å²) in [4.78, 5) is 2.31. The Balaban J connectivity index is 3.78. The Morgan fingerprint density at radius 2 is 2.07 bits per heavy atom. The molecule has 0 amide bonds. The number of nitrogens with zero attached hydrogens (tertiary/aromatic N) is 1. The number of hydrogen-bond donors (Lipinski definition) is 2. The van der Waals surface area contributed by atoms with Crippen LogP contribution in [0.5, 0.6) is 0 Å². The summed E-state index contributed by atoms with van der Waals surface area (Å²) in [5, 5.41) is 7.20. The lowest BCUT2D eigenvalue weighted by molar-refractivity contribution is 0.109. The van der Waals surface area contributed by atoms with Crippen molar-refractivity contribution in [2.24, 2.45) is 11.7 Å². The Bertz CT molecular complexity index is 171. The van der Waals surface area contributed by atoms with Crippen molar-refractivity contribution in [2.45, 2.75) is 27.2 Å². The zero-order valence-electron chi connectivity index (χ0n) is 10.3. The van der Waals surface area contributed by atoms with Gasteiger partial charge in [-0.05, 0) is 12.8 Å². The van der Waals surface area contributed by atoms with E-state index >= 15 is 0 Å². The fourth-order valence-electron chi connectivity index (χ4n) is 1.43. The van der Waals surface area contributed by atoms with Crippen molar-refractivity contribution in [1.82, 2.24) is 4.90 Å². The Kier molecular flexibility index (Phi) is 8.33. The third kappa shape index (κ3) is 9.69. The predicted octanol–water partition coefficient (Wildman–Crippen LogP) is 1.31. The maximum Gasteiger partial charge on any atom is 0.0918 e. The van der Waals surface area contributed by atoms with Gasteiger partial charge in [0.2, 0.25) is 0 Å². The van der Waals surface area contributed by atoms with Crippen molar-refractivity contribution in [3.63, 3.8) is 0 Å². The number of hydrogen-bond acceptors (Lipinski definition) is 3. The first kappa shape index (κ1) is 14.4. The minimum absolute atomic E-state index is 0.264. The average Bonchev–Trinajstić information content (AvgIpc) is 2.13.